The van der Waals surface area contributed by atoms with E-state index in [1.165, 1.54) is 0 Å². The second-order valence-corrected chi connectivity index (χ2v) is 2.69. The highest BCUT2D eigenvalue weighted by atomic mass is 32.2. The molecular formula is C5H11NOS. The van der Waals surface area contributed by atoms with Gasteiger partial charge in [0.1, 0.15) is 5.75 Å². The van der Waals surface area contributed by atoms with E-state index < -0.39 is 11.4 Å². The van der Waals surface area contributed by atoms with Crippen molar-refractivity contribution in [3.8, 4) is 0 Å². The minimum atomic E-state index is -1.11. The molecule has 0 heterocycles. The van der Waals surface area contributed by atoms with Crippen LogP contribution in [0.5, 0.6) is 0 Å². The predicted octanol–water partition coefficient (Wildman–Crippen LogP) is 0.575. The summed E-state index contributed by atoms with van der Waals surface area (Å²) in [5, 5.41) is 4.97. The lowest BCUT2D eigenvalue weighted by atomic mass is 10.3. The van der Waals surface area contributed by atoms with Crippen LogP contribution < -0.4 is 5.14 Å². The van der Waals surface area contributed by atoms with E-state index in [1.807, 2.05) is 0 Å². The number of rotatable bonds is 4. The molecular weight excluding hydrogens is 122 g/mol. The van der Waals surface area contributed by atoms with Gasteiger partial charge in [-0.05, 0) is 12.8 Å². The molecule has 0 spiro atoms. The first-order valence-corrected chi connectivity index (χ1v) is 3.89. The molecule has 0 saturated heterocycles. The lowest BCUT2D eigenvalue weighted by Gasteiger charge is -1.99. The fourth-order valence-corrected chi connectivity index (χ4v) is 0.821. The number of hydrogen-bond acceptors (Lipinski definition) is 2. The molecule has 0 saturated carbocycles. The Morgan fingerprint density at radius 3 is 2.75 bits per heavy atom. The highest BCUT2D eigenvalue weighted by Crippen LogP contribution is 1.91. The quantitative estimate of drug-likeness (QED) is 0.346. The zero-order valence-corrected chi connectivity index (χ0v) is 5.62. The largest absolute Gasteiger partial charge is 0.598 e. The van der Waals surface area contributed by atoms with E-state index in [0.717, 1.165) is 12.8 Å². The van der Waals surface area contributed by atoms with Crippen molar-refractivity contribution in [3.05, 3.63) is 12.7 Å². The zero-order valence-electron chi connectivity index (χ0n) is 4.80. The molecule has 0 aliphatic carbocycles. The van der Waals surface area contributed by atoms with Crippen LogP contribution in [0.3, 0.4) is 0 Å². The van der Waals surface area contributed by atoms with E-state index in [-0.39, 0.29) is 0 Å². The van der Waals surface area contributed by atoms with E-state index in [1.54, 1.807) is 6.08 Å². The third kappa shape index (κ3) is 6.01. The van der Waals surface area contributed by atoms with E-state index >= 15 is 0 Å². The molecule has 0 aromatic rings. The molecule has 8 heavy (non-hydrogen) atoms. The van der Waals surface area contributed by atoms with Crippen molar-refractivity contribution >= 4 is 11.4 Å². The molecule has 0 aromatic heterocycles. The van der Waals surface area contributed by atoms with Gasteiger partial charge in [-0.3, -0.25) is 0 Å². The fourth-order valence-electron chi connectivity index (χ4n) is 0.370. The molecule has 48 valence electrons. The highest BCUT2D eigenvalue weighted by molar-refractivity contribution is 7.89. The monoisotopic (exact) mass is 133 g/mol. The van der Waals surface area contributed by atoms with Gasteiger partial charge in [0.15, 0.2) is 0 Å². The molecule has 0 fully saturated rings. The van der Waals surface area contributed by atoms with Gasteiger partial charge >= 0.3 is 0 Å². The van der Waals surface area contributed by atoms with E-state index in [0.29, 0.717) is 5.75 Å². The van der Waals surface area contributed by atoms with Crippen LogP contribution in [-0.4, -0.2) is 10.3 Å². The summed E-state index contributed by atoms with van der Waals surface area (Å²) in [6, 6.07) is 0. The van der Waals surface area contributed by atoms with E-state index in [2.05, 4.69) is 6.58 Å². The van der Waals surface area contributed by atoms with Gasteiger partial charge in [0, 0.05) is 11.4 Å². The van der Waals surface area contributed by atoms with Crippen LogP contribution >= 0.6 is 0 Å². The third-order valence-corrected chi connectivity index (χ3v) is 1.44. The van der Waals surface area contributed by atoms with Gasteiger partial charge in [-0.2, -0.15) is 5.14 Å². The first kappa shape index (κ1) is 8.01. The van der Waals surface area contributed by atoms with Crippen molar-refractivity contribution in [3.63, 3.8) is 0 Å². The Labute approximate surface area is 53.1 Å². The van der Waals surface area contributed by atoms with Gasteiger partial charge < -0.3 is 4.55 Å². The van der Waals surface area contributed by atoms with Crippen molar-refractivity contribution in [2.75, 3.05) is 5.75 Å². The SMILES string of the molecule is C=CCCC[S+](N)[O-]. The Bertz CT molecular complexity index is 65.4. The maximum Gasteiger partial charge on any atom is 0.125 e. The number of nitrogens with two attached hydrogens (primary N) is 1. The standard InChI is InChI=1S/C5H11NOS/c1-2-3-4-5-8(6)7/h2H,1,3-6H2. The summed E-state index contributed by atoms with van der Waals surface area (Å²) in [5.74, 6) is 0.589. The Kier molecular flexibility index (Phi) is 5.16. The van der Waals surface area contributed by atoms with Crippen LogP contribution in [0.15, 0.2) is 12.7 Å². The lowest BCUT2D eigenvalue weighted by molar-refractivity contribution is 0.594. The molecule has 0 radical (unpaired) electrons. The number of unbranched alkanes of at least 4 members (excludes halogenated alkanes) is 1. The molecule has 2 N–H and O–H groups in total. The second-order valence-electron chi connectivity index (χ2n) is 1.52. The number of hydrogen-bond donors (Lipinski definition) is 1. The maximum absolute atomic E-state index is 10.2. The van der Waals surface area contributed by atoms with Gasteiger partial charge in [-0.1, -0.05) is 6.08 Å². The van der Waals surface area contributed by atoms with Gasteiger partial charge in [0.05, 0.1) is 0 Å². The summed E-state index contributed by atoms with van der Waals surface area (Å²) in [6.45, 7) is 3.52. The average molecular weight is 133 g/mol. The molecule has 1 atom stereocenters. The van der Waals surface area contributed by atoms with Crippen LogP contribution in [0.25, 0.3) is 0 Å². The molecule has 1 unspecified atom stereocenters. The van der Waals surface area contributed by atoms with Crippen LogP contribution in [-0.2, 0) is 11.4 Å². The molecule has 0 amide bonds. The molecule has 0 aliphatic rings. The van der Waals surface area contributed by atoms with Gasteiger partial charge in [0.2, 0.25) is 0 Å². The van der Waals surface area contributed by atoms with Gasteiger partial charge in [-0.15, -0.1) is 6.58 Å². The van der Waals surface area contributed by atoms with E-state index in [9.17, 15) is 4.55 Å². The first-order valence-electron chi connectivity index (χ1n) is 2.51. The molecule has 3 heteroatoms. The lowest BCUT2D eigenvalue weighted by Crippen LogP contribution is -2.15. The normalized spacial score (nSPS) is 13.2. The molecule has 0 bridgehead atoms. The van der Waals surface area contributed by atoms with E-state index in [4.69, 9.17) is 5.14 Å². The summed E-state index contributed by atoms with van der Waals surface area (Å²) in [4.78, 5) is 0. The molecule has 0 aliphatic heterocycles. The first-order chi connectivity index (χ1) is 3.77. The Balaban J connectivity index is 2.81. The van der Waals surface area contributed by atoms with Crippen molar-refractivity contribution < 1.29 is 4.55 Å². The van der Waals surface area contributed by atoms with Crippen molar-refractivity contribution in [2.24, 2.45) is 5.14 Å². The predicted molar refractivity (Wildman–Crippen MR) is 36.6 cm³/mol. The zero-order chi connectivity index (χ0) is 6.41. The molecule has 2 nitrogen and oxygen atoms in total. The minimum absolute atomic E-state index is 0.589. The molecule has 0 aromatic carbocycles. The van der Waals surface area contributed by atoms with Crippen LogP contribution in [0.2, 0.25) is 0 Å². The Morgan fingerprint density at radius 2 is 2.38 bits per heavy atom. The van der Waals surface area contributed by atoms with Crippen LogP contribution in [0.1, 0.15) is 12.8 Å². The Hall–Kier alpha value is 0.01000. The second kappa shape index (κ2) is 5.15. The van der Waals surface area contributed by atoms with Crippen LogP contribution in [0.4, 0.5) is 0 Å². The summed E-state index contributed by atoms with van der Waals surface area (Å²) >= 11 is -1.11. The smallest absolute Gasteiger partial charge is 0.125 e. The van der Waals surface area contributed by atoms with Crippen LogP contribution in [0, 0.1) is 0 Å². The van der Waals surface area contributed by atoms with Crippen molar-refractivity contribution in [2.45, 2.75) is 12.8 Å². The van der Waals surface area contributed by atoms with Crippen molar-refractivity contribution in [1.82, 2.24) is 0 Å². The van der Waals surface area contributed by atoms with Gasteiger partial charge in [0.25, 0.3) is 0 Å². The minimum Gasteiger partial charge on any atom is -0.598 e. The van der Waals surface area contributed by atoms with Crippen molar-refractivity contribution in [1.29, 1.82) is 0 Å². The summed E-state index contributed by atoms with van der Waals surface area (Å²) < 4.78 is 10.2. The highest BCUT2D eigenvalue weighted by Gasteiger charge is 1.93. The summed E-state index contributed by atoms with van der Waals surface area (Å²) in [5.41, 5.74) is 0. The maximum atomic E-state index is 10.2. The topological polar surface area (TPSA) is 49.1 Å². The summed E-state index contributed by atoms with van der Waals surface area (Å²) in [6.07, 6.45) is 3.59. The molecule has 0 rings (SSSR count). The van der Waals surface area contributed by atoms with Gasteiger partial charge in [-0.25, -0.2) is 0 Å². The fraction of sp³-hybridized carbons (Fsp3) is 0.600. The third-order valence-electron chi connectivity index (χ3n) is 0.754. The Morgan fingerprint density at radius 1 is 1.75 bits per heavy atom. The number of allylic oxidation sites excluding steroid dienone is 1. The average Bonchev–Trinajstić information content (AvgIpc) is 1.66. The summed E-state index contributed by atoms with van der Waals surface area (Å²) in [7, 11) is 0.